The third-order valence-electron chi connectivity index (χ3n) is 4.83. The summed E-state index contributed by atoms with van der Waals surface area (Å²) in [4.78, 5) is 16.0. The van der Waals surface area contributed by atoms with E-state index in [9.17, 15) is 18.0 Å². The lowest BCUT2D eigenvalue weighted by molar-refractivity contribution is -0.137. The van der Waals surface area contributed by atoms with Gasteiger partial charge in [0.1, 0.15) is 0 Å². The average molecular weight is 371 g/mol. The van der Waals surface area contributed by atoms with Crippen LogP contribution in [0.25, 0.3) is 0 Å². The summed E-state index contributed by atoms with van der Waals surface area (Å²) >= 11 is 0. The minimum absolute atomic E-state index is 0.0342. The maximum Gasteiger partial charge on any atom is 0.416 e. The molecule has 3 rings (SSSR count). The summed E-state index contributed by atoms with van der Waals surface area (Å²) < 4.78 is 44.0. The smallest absolute Gasteiger partial charge is 0.376 e. The number of hydrogen-bond donors (Lipinski definition) is 1. The fourth-order valence-corrected chi connectivity index (χ4v) is 3.34. The first-order valence-corrected chi connectivity index (χ1v) is 8.95. The van der Waals surface area contributed by atoms with Gasteiger partial charge in [-0.3, -0.25) is 9.69 Å². The van der Waals surface area contributed by atoms with E-state index in [1.54, 1.807) is 6.07 Å². The summed E-state index contributed by atoms with van der Waals surface area (Å²) in [5.74, 6) is -0.0342. The Balaban J connectivity index is 1.44. The molecule has 26 heavy (non-hydrogen) atoms. The molecule has 0 spiro atoms. The minimum Gasteiger partial charge on any atom is -0.376 e. The van der Waals surface area contributed by atoms with Crippen molar-refractivity contribution in [1.29, 1.82) is 0 Å². The fourth-order valence-electron chi connectivity index (χ4n) is 3.34. The lowest BCUT2D eigenvalue weighted by atomic mass is 10.1. The maximum absolute atomic E-state index is 12.8. The number of hydrogen-bond acceptors (Lipinski definition) is 4. The number of ether oxygens (including phenoxy) is 1. The second kappa shape index (κ2) is 8.26. The molecule has 1 aromatic rings. The van der Waals surface area contributed by atoms with Crippen molar-refractivity contribution in [1.82, 2.24) is 10.2 Å². The molecule has 0 aromatic heterocycles. The van der Waals surface area contributed by atoms with Gasteiger partial charge in [-0.2, -0.15) is 13.2 Å². The van der Waals surface area contributed by atoms with E-state index in [0.717, 1.165) is 25.5 Å². The Morgan fingerprint density at radius 1 is 1.23 bits per heavy atom. The molecule has 2 aliphatic heterocycles. The Morgan fingerprint density at radius 3 is 2.65 bits per heavy atom. The summed E-state index contributed by atoms with van der Waals surface area (Å²) in [5, 5.41) is 2.89. The van der Waals surface area contributed by atoms with E-state index in [-0.39, 0.29) is 12.0 Å². The Kier molecular flexibility index (Phi) is 6.03. The molecular formula is C18H24F3N3O2. The van der Waals surface area contributed by atoms with Gasteiger partial charge >= 0.3 is 6.18 Å². The minimum atomic E-state index is -4.33. The normalized spacial score (nSPS) is 21.8. The molecule has 2 fully saturated rings. The van der Waals surface area contributed by atoms with Crippen molar-refractivity contribution >= 4 is 11.6 Å². The highest BCUT2D eigenvalue weighted by Gasteiger charge is 2.31. The molecule has 0 saturated carbocycles. The van der Waals surface area contributed by atoms with Crippen molar-refractivity contribution in [3.63, 3.8) is 0 Å². The van der Waals surface area contributed by atoms with Crippen LogP contribution < -0.4 is 10.2 Å². The molecule has 144 valence electrons. The Morgan fingerprint density at radius 2 is 2.00 bits per heavy atom. The molecule has 2 saturated heterocycles. The highest BCUT2D eigenvalue weighted by atomic mass is 19.4. The number of nitrogens with one attached hydrogen (secondary N) is 1. The number of anilines is 1. The molecule has 1 aromatic carbocycles. The molecule has 0 aliphatic carbocycles. The number of nitrogens with zero attached hydrogens (tertiary/aromatic N) is 2. The fraction of sp³-hybridized carbons (Fsp3) is 0.611. The van der Waals surface area contributed by atoms with Crippen molar-refractivity contribution in [3.05, 3.63) is 29.8 Å². The van der Waals surface area contributed by atoms with E-state index in [0.29, 0.717) is 45.0 Å². The topological polar surface area (TPSA) is 44.8 Å². The molecule has 0 radical (unpaired) electrons. The van der Waals surface area contributed by atoms with Crippen LogP contribution in [0.3, 0.4) is 0 Å². The van der Waals surface area contributed by atoms with Gasteiger partial charge in [0.2, 0.25) is 5.91 Å². The zero-order valence-electron chi connectivity index (χ0n) is 14.6. The lowest BCUT2D eigenvalue weighted by Crippen LogP contribution is -2.50. The summed E-state index contributed by atoms with van der Waals surface area (Å²) in [6, 6.07) is 5.39. The van der Waals surface area contributed by atoms with Crippen LogP contribution in [-0.4, -0.2) is 62.8 Å². The van der Waals surface area contributed by atoms with Gasteiger partial charge in [0.15, 0.2) is 0 Å². The number of piperazine rings is 1. The molecule has 1 N–H and O–H groups in total. The number of amides is 1. The van der Waals surface area contributed by atoms with Crippen LogP contribution in [0, 0.1) is 0 Å². The number of halogens is 3. The third kappa shape index (κ3) is 5.11. The predicted octanol–water partition coefficient (Wildman–Crippen LogP) is 2.12. The van der Waals surface area contributed by atoms with Crippen LogP contribution >= 0.6 is 0 Å². The van der Waals surface area contributed by atoms with Crippen molar-refractivity contribution in [2.45, 2.75) is 25.1 Å². The Labute approximate surface area is 151 Å². The van der Waals surface area contributed by atoms with Gasteiger partial charge in [0, 0.05) is 45.0 Å². The van der Waals surface area contributed by atoms with Crippen LogP contribution in [0.2, 0.25) is 0 Å². The van der Waals surface area contributed by atoms with E-state index in [4.69, 9.17) is 4.74 Å². The van der Waals surface area contributed by atoms with E-state index in [1.807, 2.05) is 9.80 Å². The predicted molar refractivity (Wildman–Crippen MR) is 92.1 cm³/mol. The summed E-state index contributed by atoms with van der Waals surface area (Å²) in [6.45, 7) is 4.10. The van der Waals surface area contributed by atoms with Gasteiger partial charge in [-0.25, -0.2) is 0 Å². The number of alkyl halides is 3. The molecule has 1 amide bonds. The van der Waals surface area contributed by atoms with Crippen molar-refractivity contribution in [2.24, 2.45) is 0 Å². The first-order chi connectivity index (χ1) is 12.4. The molecule has 5 nitrogen and oxygen atoms in total. The van der Waals surface area contributed by atoms with Crippen LogP contribution in [0.5, 0.6) is 0 Å². The standard InChI is InChI=1S/C18H24F3N3O2/c19-18(20,21)14-3-1-4-15(11-14)24-8-6-23(7-9-24)13-17(25)22-12-16-5-2-10-26-16/h1,3-4,11,16H,2,5-10,12-13H2,(H,22,25)/t16-/m1/s1. The van der Waals surface area contributed by atoms with Gasteiger partial charge in [-0.1, -0.05) is 6.07 Å². The van der Waals surface area contributed by atoms with Crippen molar-refractivity contribution in [2.75, 3.05) is 50.8 Å². The van der Waals surface area contributed by atoms with E-state index in [1.165, 1.54) is 12.1 Å². The van der Waals surface area contributed by atoms with Crippen molar-refractivity contribution < 1.29 is 22.7 Å². The maximum atomic E-state index is 12.8. The quantitative estimate of drug-likeness (QED) is 0.861. The molecule has 8 heteroatoms. The van der Waals surface area contributed by atoms with Gasteiger partial charge in [-0.05, 0) is 31.0 Å². The Hall–Kier alpha value is -1.80. The number of carbonyl (C=O) groups is 1. The van der Waals surface area contributed by atoms with E-state index in [2.05, 4.69) is 5.32 Å². The first-order valence-electron chi connectivity index (χ1n) is 8.95. The molecule has 2 heterocycles. The second-order valence-corrected chi connectivity index (χ2v) is 6.75. The van der Waals surface area contributed by atoms with Crippen LogP contribution in [0.1, 0.15) is 18.4 Å². The first kappa shape index (κ1) is 19.0. The molecule has 2 aliphatic rings. The van der Waals surface area contributed by atoms with Crippen molar-refractivity contribution in [3.8, 4) is 0 Å². The van der Waals surface area contributed by atoms with E-state index >= 15 is 0 Å². The monoisotopic (exact) mass is 371 g/mol. The third-order valence-corrected chi connectivity index (χ3v) is 4.83. The number of rotatable bonds is 5. The van der Waals surface area contributed by atoms with Gasteiger partial charge in [0.25, 0.3) is 0 Å². The summed E-state index contributed by atoms with van der Waals surface area (Å²) in [6.07, 6.45) is -2.19. The molecular weight excluding hydrogens is 347 g/mol. The van der Waals surface area contributed by atoms with Gasteiger partial charge in [0.05, 0.1) is 18.2 Å². The van der Waals surface area contributed by atoms with Crippen LogP contribution in [0.4, 0.5) is 18.9 Å². The SMILES string of the molecule is O=C(CN1CCN(c2cccc(C(F)(F)F)c2)CC1)NC[C@H]1CCCO1. The highest BCUT2D eigenvalue weighted by Crippen LogP contribution is 2.31. The largest absolute Gasteiger partial charge is 0.416 e. The zero-order valence-corrected chi connectivity index (χ0v) is 14.6. The van der Waals surface area contributed by atoms with Gasteiger partial charge in [-0.15, -0.1) is 0 Å². The zero-order chi connectivity index (χ0) is 18.6. The molecule has 0 bridgehead atoms. The Bertz CT molecular complexity index is 610. The van der Waals surface area contributed by atoms with Crippen LogP contribution in [0.15, 0.2) is 24.3 Å². The number of carbonyl (C=O) groups excluding carboxylic acids is 1. The average Bonchev–Trinajstić information content (AvgIpc) is 3.14. The lowest BCUT2D eigenvalue weighted by Gasteiger charge is -2.36. The summed E-state index contributed by atoms with van der Waals surface area (Å²) in [5.41, 5.74) is -0.0618. The van der Waals surface area contributed by atoms with Crippen LogP contribution in [-0.2, 0) is 15.7 Å². The van der Waals surface area contributed by atoms with Gasteiger partial charge < -0.3 is 15.0 Å². The molecule has 0 unspecified atom stereocenters. The number of benzene rings is 1. The summed E-state index contributed by atoms with van der Waals surface area (Å²) in [7, 11) is 0. The second-order valence-electron chi connectivity index (χ2n) is 6.75. The molecule has 1 atom stereocenters. The van der Waals surface area contributed by atoms with E-state index < -0.39 is 11.7 Å². The highest BCUT2D eigenvalue weighted by molar-refractivity contribution is 5.78.